The van der Waals surface area contributed by atoms with E-state index in [1.807, 2.05) is 0 Å². The second kappa shape index (κ2) is 5.94. The van der Waals surface area contributed by atoms with Crippen LogP contribution in [0.15, 0.2) is 18.2 Å². The summed E-state index contributed by atoms with van der Waals surface area (Å²) in [6, 6.07) is 4.72. The second-order valence-corrected chi connectivity index (χ2v) is 4.56. The lowest BCUT2D eigenvalue weighted by Crippen LogP contribution is -2.11. The Morgan fingerprint density at radius 3 is 2.81 bits per heavy atom. The minimum atomic E-state index is -4.63. The number of benzene rings is 1. The molecule has 0 spiro atoms. The van der Waals surface area contributed by atoms with Gasteiger partial charge in [0, 0.05) is 11.5 Å². The van der Waals surface area contributed by atoms with Crippen LogP contribution >= 0.6 is 11.5 Å². The van der Waals surface area contributed by atoms with Crippen molar-refractivity contribution in [3.63, 3.8) is 0 Å². The Morgan fingerprint density at radius 2 is 2.19 bits per heavy atom. The minimum absolute atomic E-state index is 0.102. The Balaban J connectivity index is 2.26. The smallest absolute Gasteiger partial charge is 0.420 e. The van der Waals surface area contributed by atoms with E-state index in [0.29, 0.717) is 10.7 Å². The summed E-state index contributed by atoms with van der Waals surface area (Å²) in [4.78, 5) is 0. The molecule has 10 heteroatoms. The van der Waals surface area contributed by atoms with Gasteiger partial charge in [-0.1, -0.05) is 4.49 Å². The predicted molar refractivity (Wildman–Crippen MR) is 68.2 cm³/mol. The van der Waals surface area contributed by atoms with Gasteiger partial charge in [-0.05, 0) is 18.2 Å². The van der Waals surface area contributed by atoms with Crippen molar-refractivity contribution in [3.05, 3.63) is 35.0 Å². The maximum Gasteiger partial charge on any atom is 0.420 e. The summed E-state index contributed by atoms with van der Waals surface area (Å²) < 4.78 is 47.5. The molecule has 0 unspecified atom stereocenters. The van der Waals surface area contributed by atoms with Crippen LogP contribution in [0.3, 0.4) is 0 Å². The van der Waals surface area contributed by atoms with Gasteiger partial charge < -0.3 is 10.2 Å². The first kappa shape index (κ1) is 15.0. The molecule has 0 fully saturated rings. The van der Waals surface area contributed by atoms with E-state index in [1.54, 1.807) is 6.07 Å². The van der Waals surface area contributed by atoms with Gasteiger partial charge in [0.2, 0.25) is 0 Å². The van der Waals surface area contributed by atoms with Gasteiger partial charge in [-0.2, -0.15) is 18.4 Å². The number of nitriles is 1. The van der Waals surface area contributed by atoms with Crippen molar-refractivity contribution in [3.8, 4) is 11.8 Å². The molecule has 0 bridgehead atoms. The molecule has 0 aliphatic rings. The number of nitrogen functional groups attached to an aromatic ring is 1. The van der Waals surface area contributed by atoms with Crippen LogP contribution in [0, 0.1) is 11.3 Å². The van der Waals surface area contributed by atoms with Crippen LogP contribution in [0.4, 0.5) is 18.2 Å². The van der Waals surface area contributed by atoms with E-state index in [2.05, 4.69) is 15.0 Å². The lowest BCUT2D eigenvalue weighted by molar-refractivity contribution is -0.139. The highest BCUT2D eigenvalue weighted by Gasteiger charge is 2.34. The summed E-state index contributed by atoms with van der Waals surface area (Å²) >= 11 is 0.958. The van der Waals surface area contributed by atoms with E-state index in [-0.39, 0.29) is 12.2 Å². The Kier molecular flexibility index (Phi) is 4.25. The Morgan fingerprint density at radius 1 is 1.43 bits per heavy atom. The lowest BCUT2D eigenvalue weighted by Gasteiger charge is -2.13. The molecule has 1 aromatic carbocycles. The molecule has 3 N–H and O–H groups in total. The summed E-state index contributed by atoms with van der Waals surface area (Å²) in [6.07, 6.45) is -4.63. The fourth-order valence-corrected chi connectivity index (χ4v) is 1.98. The molecule has 1 heterocycles. The fraction of sp³-hybridized carbons (Fsp3) is 0.182. The molecule has 6 nitrogen and oxygen atoms in total. The third-order valence-electron chi connectivity index (χ3n) is 2.47. The number of rotatable bonds is 4. The zero-order valence-electron chi connectivity index (χ0n) is 10.3. The van der Waals surface area contributed by atoms with E-state index in [1.165, 1.54) is 6.07 Å². The number of nitrogens with zero attached hydrogens (tertiary/aromatic N) is 3. The lowest BCUT2D eigenvalue weighted by atomic mass is 10.1. The third kappa shape index (κ3) is 3.39. The first-order valence-corrected chi connectivity index (χ1v) is 6.25. The fourth-order valence-electron chi connectivity index (χ4n) is 1.51. The maximum absolute atomic E-state index is 12.9. The Bertz CT molecular complexity index is 679. The number of hydrazine groups is 1. The Hall–Kier alpha value is -2.38. The van der Waals surface area contributed by atoms with Crippen LogP contribution in [-0.4, -0.2) is 9.59 Å². The molecule has 0 saturated carbocycles. The molecule has 21 heavy (non-hydrogen) atoms. The first-order chi connectivity index (χ1) is 9.95. The van der Waals surface area contributed by atoms with E-state index in [9.17, 15) is 13.2 Å². The number of ether oxygens (including phenoxy) is 1. The maximum atomic E-state index is 12.9. The van der Waals surface area contributed by atoms with Crippen molar-refractivity contribution in [2.24, 2.45) is 5.84 Å². The SMILES string of the molecule is N#Cc1ccc(OCc2nnsc2NN)c(C(F)(F)F)c1. The number of hydrogen-bond donors (Lipinski definition) is 2. The van der Waals surface area contributed by atoms with Crippen LogP contribution < -0.4 is 16.0 Å². The van der Waals surface area contributed by atoms with Crippen molar-refractivity contribution >= 4 is 16.5 Å². The summed E-state index contributed by atoms with van der Waals surface area (Å²) in [6.45, 7) is -0.231. The highest BCUT2D eigenvalue weighted by molar-refractivity contribution is 7.10. The molecular weight excluding hydrogens is 307 g/mol. The topological polar surface area (TPSA) is 96.8 Å². The molecule has 2 rings (SSSR count). The summed E-state index contributed by atoms with van der Waals surface area (Å²) in [5.41, 5.74) is 1.49. The largest absolute Gasteiger partial charge is 0.486 e. The van der Waals surface area contributed by atoms with Gasteiger partial charge in [0.15, 0.2) is 5.00 Å². The summed E-state index contributed by atoms with van der Waals surface area (Å²) in [7, 11) is 0. The molecular formula is C11H8F3N5OS. The van der Waals surface area contributed by atoms with Gasteiger partial charge in [0.25, 0.3) is 0 Å². The molecule has 0 saturated heterocycles. The van der Waals surface area contributed by atoms with E-state index in [0.717, 1.165) is 23.7 Å². The Labute approximate surface area is 121 Å². The van der Waals surface area contributed by atoms with Crippen molar-refractivity contribution in [2.75, 3.05) is 5.43 Å². The number of halogens is 3. The van der Waals surface area contributed by atoms with E-state index < -0.39 is 17.5 Å². The van der Waals surface area contributed by atoms with Crippen LogP contribution in [0.1, 0.15) is 16.8 Å². The summed E-state index contributed by atoms with van der Waals surface area (Å²) in [5.74, 6) is 4.82. The molecule has 0 atom stereocenters. The molecule has 110 valence electrons. The molecule has 2 aromatic rings. The highest BCUT2D eigenvalue weighted by Crippen LogP contribution is 2.37. The number of alkyl halides is 3. The molecule has 0 aliphatic carbocycles. The molecule has 0 amide bonds. The number of hydrogen-bond acceptors (Lipinski definition) is 7. The van der Waals surface area contributed by atoms with Gasteiger partial charge in [0.05, 0.1) is 17.2 Å². The average molecular weight is 315 g/mol. The third-order valence-corrected chi connectivity index (χ3v) is 3.16. The second-order valence-electron chi connectivity index (χ2n) is 3.80. The minimum Gasteiger partial charge on any atom is -0.486 e. The van der Waals surface area contributed by atoms with Crippen molar-refractivity contribution in [2.45, 2.75) is 12.8 Å². The van der Waals surface area contributed by atoms with E-state index >= 15 is 0 Å². The van der Waals surface area contributed by atoms with Gasteiger partial charge in [0.1, 0.15) is 18.1 Å². The molecule has 1 aromatic heterocycles. The number of aromatic nitrogens is 2. The standard InChI is InChI=1S/C11H8F3N5OS/c12-11(13,14)7-3-6(4-15)1-2-9(7)20-5-8-10(17-16)21-19-18-8/h1-3,17H,5,16H2. The predicted octanol–water partition coefficient (Wildman–Crippen LogP) is 2.29. The van der Waals surface area contributed by atoms with Crippen molar-refractivity contribution < 1.29 is 17.9 Å². The van der Waals surface area contributed by atoms with Gasteiger partial charge in [-0.25, -0.2) is 5.84 Å². The van der Waals surface area contributed by atoms with Gasteiger partial charge in [-0.3, -0.25) is 0 Å². The molecule has 0 aliphatic heterocycles. The number of nitrogens with two attached hydrogens (primary N) is 1. The van der Waals surface area contributed by atoms with Crippen LogP contribution in [0.25, 0.3) is 0 Å². The molecule has 0 radical (unpaired) electrons. The number of anilines is 1. The summed E-state index contributed by atoms with van der Waals surface area (Å²) in [5, 5.41) is 12.8. The zero-order chi connectivity index (χ0) is 15.5. The van der Waals surface area contributed by atoms with Crippen LogP contribution in [-0.2, 0) is 12.8 Å². The normalized spacial score (nSPS) is 11.0. The first-order valence-electron chi connectivity index (χ1n) is 5.47. The quantitative estimate of drug-likeness (QED) is 0.664. The van der Waals surface area contributed by atoms with Crippen LogP contribution in [0.5, 0.6) is 5.75 Å². The average Bonchev–Trinajstić information content (AvgIpc) is 2.91. The zero-order valence-corrected chi connectivity index (χ0v) is 11.1. The van der Waals surface area contributed by atoms with E-state index in [4.69, 9.17) is 15.8 Å². The van der Waals surface area contributed by atoms with Gasteiger partial charge >= 0.3 is 6.18 Å². The number of nitrogens with one attached hydrogen (secondary N) is 1. The highest BCUT2D eigenvalue weighted by atomic mass is 32.1. The van der Waals surface area contributed by atoms with Crippen LogP contribution in [0.2, 0.25) is 0 Å². The van der Waals surface area contributed by atoms with Gasteiger partial charge in [-0.15, -0.1) is 5.10 Å². The van der Waals surface area contributed by atoms with Crippen molar-refractivity contribution in [1.29, 1.82) is 5.26 Å². The van der Waals surface area contributed by atoms with Crippen molar-refractivity contribution in [1.82, 2.24) is 9.59 Å². The monoisotopic (exact) mass is 315 g/mol.